The first kappa shape index (κ1) is 8.95. The number of aromatic amines is 1. The van der Waals surface area contributed by atoms with Crippen molar-refractivity contribution in [2.45, 2.75) is 0 Å². The third-order valence-corrected chi connectivity index (χ3v) is 3.78. The first-order chi connectivity index (χ1) is 7.45. The minimum absolute atomic E-state index is 1.29. The molecule has 74 valence electrons. The third kappa shape index (κ3) is 1.54. The van der Waals surface area contributed by atoms with E-state index in [-0.39, 0.29) is 0 Å². The zero-order valence-corrected chi connectivity index (χ0v) is 9.57. The highest BCUT2D eigenvalue weighted by Gasteiger charge is 2.08. The smallest absolute Gasteiger partial charge is 0.00909 e. The van der Waals surface area contributed by atoms with Crippen molar-refractivity contribution in [3.63, 3.8) is 0 Å². The Hall–Kier alpha value is -1.32. The first-order valence-electron chi connectivity index (χ1n) is 4.67. The van der Waals surface area contributed by atoms with E-state index in [0.717, 1.165) is 0 Å². The molecule has 1 N–H and O–H groups in total. The van der Waals surface area contributed by atoms with Gasteiger partial charge in [-0.1, -0.05) is 0 Å². The fourth-order valence-corrected chi connectivity index (χ4v) is 2.99. The Kier molecular flexibility index (Phi) is 2.19. The van der Waals surface area contributed by atoms with E-state index in [0.29, 0.717) is 0 Å². The first-order valence-corrected chi connectivity index (χ1v) is 6.55. The highest BCUT2D eigenvalue weighted by molar-refractivity contribution is 7.08. The summed E-state index contributed by atoms with van der Waals surface area (Å²) in [7, 11) is 0. The van der Waals surface area contributed by atoms with Crippen molar-refractivity contribution >= 4 is 22.7 Å². The van der Waals surface area contributed by atoms with E-state index in [1.807, 2.05) is 0 Å². The zero-order chi connectivity index (χ0) is 10.1. The second-order valence-corrected chi connectivity index (χ2v) is 4.87. The quantitative estimate of drug-likeness (QED) is 0.669. The largest absolute Gasteiger partial charge is 0.366 e. The van der Waals surface area contributed by atoms with Crippen molar-refractivity contribution in [1.29, 1.82) is 0 Å². The van der Waals surface area contributed by atoms with Gasteiger partial charge >= 0.3 is 0 Å². The van der Waals surface area contributed by atoms with Crippen LogP contribution in [0.5, 0.6) is 0 Å². The van der Waals surface area contributed by atoms with Gasteiger partial charge in [-0.05, 0) is 44.8 Å². The Morgan fingerprint density at radius 3 is 1.73 bits per heavy atom. The molecule has 0 spiro atoms. The molecule has 3 aromatic rings. The average molecular weight is 231 g/mol. The van der Waals surface area contributed by atoms with E-state index in [4.69, 9.17) is 0 Å². The summed E-state index contributed by atoms with van der Waals surface area (Å²) in [6.07, 6.45) is 4.13. The summed E-state index contributed by atoms with van der Waals surface area (Å²) >= 11 is 3.46. The highest BCUT2D eigenvalue weighted by Crippen LogP contribution is 2.33. The lowest BCUT2D eigenvalue weighted by atomic mass is 10.0. The maximum absolute atomic E-state index is 3.18. The Morgan fingerprint density at radius 2 is 1.33 bits per heavy atom. The third-order valence-electron chi connectivity index (χ3n) is 2.41. The van der Waals surface area contributed by atoms with Crippen LogP contribution in [0.4, 0.5) is 0 Å². The summed E-state index contributed by atoms with van der Waals surface area (Å²) < 4.78 is 0. The van der Waals surface area contributed by atoms with E-state index in [1.54, 1.807) is 22.7 Å². The molecule has 0 radical (unpaired) electrons. The summed E-state index contributed by atoms with van der Waals surface area (Å²) in [4.78, 5) is 3.18. The van der Waals surface area contributed by atoms with Crippen molar-refractivity contribution in [2.24, 2.45) is 0 Å². The predicted octanol–water partition coefficient (Wildman–Crippen LogP) is 4.47. The molecule has 0 fully saturated rings. The molecule has 0 aliphatic rings. The minimum Gasteiger partial charge on any atom is -0.366 e. The molecular formula is C12H9NS2. The molecule has 0 aliphatic carbocycles. The standard InChI is InChI=1S/C12H9NS2/c1-3-14-7-9(1)11-5-13-6-12(11)10-2-4-15-8-10/h1-8,13H. The molecular weight excluding hydrogens is 222 g/mol. The number of hydrogen-bond acceptors (Lipinski definition) is 2. The van der Waals surface area contributed by atoms with Gasteiger partial charge in [0.1, 0.15) is 0 Å². The predicted molar refractivity (Wildman–Crippen MR) is 67.4 cm³/mol. The van der Waals surface area contributed by atoms with E-state index in [1.165, 1.54) is 22.3 Å². The van der Waals surface area contributed by atoms with Crippen LogP contribution in [0, 0.1) is 0 Å². The van der Waals surface area contributed by atoms with Crippen molar-refractivity contribution in [2.75, 3.05) is 0 Å². The molecule has 1 nitrogen and oxygen atoms in total. The average Bonchev–Trinajstić information content (AvgIpc) is 3.01. The van der Waals surface area contributed by atoms with Crippen LogP contribution in [-0.2, 0) is 0 Å². The van der Waals surface area contributed by atoms with Crippen molar-refractivity contribution in [3.05, 3.63) is 46.0 Å². The van der Waals surface area contributed by atoms with Gasteiger partial charge in [-0.3, -0.25) is 0 Å². The highest BCUT2D eigenvalue weighted by atomic mass is 32.1. The van der Waals surface area contributed by atoms with Gasteiger partial charge in [0.15, 0.2) is 0 Å². The van der Waals surface area contributed by atoms with Crippen molar-refractivity contribution < 1.29 is 0 Å². The summed E-state index contributed by atoms with van der Waals surface area (Å²) in [5, 5.41) is 8.58. The number of H-pyrrole nitrogens is 1. The molecule has 0 bridgehead atoms. The maximum Gasteiger partial charge on any atom is 0.00909 e. The fraction of sp³-hybridized carbons (Fsp3) is 0. The summed E-state index contributed by atoms with van der Waals surface area (Å²) in [5.74, 6) is 0. The molecule has 3 heteroatoms. The second-order valence-electron chi connectivity index (χ2n) is 3.31. The number of rotatable bonds is 2. The van der Waals surface area contributed by atoms with Gasteiger partial charge in [0.2, 0.25) is 0 Å². The van der Waals surface area contributed by atoms with Gasteiger partial charge in [0.25, 0.3) is 0 Å². The molecule has 0 saturated heterocycles. The van der Waals surface area contributed by atoms with Gasteiger partial charge in [-0.2, -0.15) is 22.7 Å². The maximum atomic E-state index is 3.18. The van der Waals surface area contributed by atoms with Crippen molar-refractivity contribution in [1.82, 2.24) is 4.98 Å². The fourth-order valence-electron chi connectivity index (χ4n) is 1.68. The van der Waals surface area contributed by atoms with Crippen LogP contribution in [0.3, 0.4) is 0 Å². The lowest BCUT2D eigenvalue weighted by Crippen LogP contribution is -1.73. The van der Waals surface area contributed by atoms with E-state index in [9.17, 15) is 0 Å². The molecule has 3 aromatic heterocycles. The molecule has 3 rings (SSSR count). The van der Waals surface area contributed by atoms with E-state index < -0.39 is 0 Å². The zero-order valence-electron chi connectivity index (χ0n) is 7.94. The molecule has 0 atom stereocenters. The van der Waals surface area contributed by atoms with E-state index >= 15 is 0 Å². The number of hydrogen-bond donors (Lipinski definition) is 1. The summed E-state index contributed by atoms with van der Waals surface area (Å²) in [5.41, 5.74) is 5.16. The van der Waals surface area contributed by atoms with E-state index in [2.05, 4.69) is 51.0 Å². The normalized spacial score (nSPS) is 10.7. The van der Waals surface area contributed by atoms with Crippen LogP contribution in [0.1, 0.15) is 0 Å². The van der Waals surface area contributed by atoms with Crippen LogP contribution in [0.2, 0.25) is 0 Å². The Labute approximate surface area is 96.0 Å². The molecule has 0 unspecified atom stereocenters. The van der Waals surface area contributed by atoms with Gasteiger partial charge < -0.3 is 4.98 Å². The van der Waals surface area contributed by atoms with Crippen LogP contribution in [0.25, 0.3) is 22.3 Å². The lowest BCUT2D eigenvalue weighted by molar-refractivity contribution is 1.41. The van der Waals surface area contributed by atoms with Gasteiger partial charge in [0.05, 0.1) is 0 Å². The summed E-state index contributed by atoms with van der Waals surface area (Å²) in [6.45, 7) is 0. The van der Waals surface area contributed by atoms with Gasteiger partial charge in [-0.25, -0.2) is 0 Å². The SMILES string of the molecule is c1cc(-c2c[nH]cc2-c2ccsc2)cs1. The monoisotopic (exact) mass is 231 g/mol. The Balaban J connectivity index is 2.15. The van der Waals surface area contributed by atoms with Crippen LogP contribution >= 0.6 is 22.7 Å². The van der Waals surface area contributed by atoms with Gasteiger partial charge in [-0.15, -0.1) is 0 Å². The molecule has 0 amide bonds. The van der Waals surface area contributed by atoms with Crippen LogP contribution < -0.4 is 0 Å². The molecule has 15 heavy (non-hydrogen) atoms. The topological polar surface area (TPSA) is 15.8 Å². The summed E-state index contributed by atoms with van der Waals surface area (Å²) in [6, 6.07) is 4.31. The Bertz CT molecular complexity index is 483. The number of thiophene rings is 2. The van der Waals surface area contributed by atoms with Gasteiger partial charge in [0, 0.05) is 23.5 Å². The minimum atomic E-state index is 1.29. The Morgan fingerprint density at radius 1 is 0.800 bits per heavy atom. The number of nitrogens with one attached hydrogen (secondary N) is 1. The molecule has 3 heterocycles. The van der Waals surface area contributed by atoms with Crippen LogP contribution in [0.15, 0.2) is 46.0 Å². The lowest BCUT2D eigenvalue weighted by Gasteiger charge is -1.98. The molecule has 0 aliphatic heterocycles. The number of aromatic nitrogens is 1. The van der Waals surface area contributed by atoms with Crippen molar-refractivity contribution in [3.8, 4) is 22.3 Å². The molecule has 0 saturated carbocycles. The second kappa shape index (κ2) is 3.68. The van der Waals surface area contributed by atoms with Crippen LogP contribution in [-0.4, -0.2) is 4.98 Å². The molecule has 0 aromatic carbocycles.